The highest BCUT2D eigenvalue weighted by Crippen LogP contribution is 2.25. The summed E-state index contributed by atoms with van der Waals surface area (Å²) in [5.41, 5.74) is 3.72. The molecule has 0 aliphatic carbocycles. The highest BCUT2D eigenvalue weighted by atomic mass is 16.5. The summed E-state index contributed by atoms with van der Waals surface area (Å²) in [6.45, 7) is 1.64. The second-order valence-electron chi connectivity index (χ2n) is 5.50. The van der Waals surface area contributed by atoms with E-state index in [0.717, 1.165) is 25.1 Å². The van der Waals surface area contributed by atoms with Crippen molar-refractivity contribution in [3.8, 4) is 5.75 Å². The largest absolute Gasteiger partial charge is 0.489 e. The number of fused-ring (bicyclic) bond motifs is 1. The van der Waals surface area contributed by atoms with Crippen molar-refractivity contribution in [2.24, 2.45) is 0 Å². The van der Waals surface area contributed by atoms with Crippen LogP contribution < -0.4 is 10.1 Å². The predicted molar refractivity (Wildman–Crippen MR) is 91.3 cm³/mol. The van der Waals surface area contributed by atoms with Crippen LogP contribution in [0.3, 0.4) is 0 Å². The van der Waals surface area contributed by atoms with Crippen LogP contribution in [0, 0.1) is 0 Å². The predicted octanol–water partition coefficient (Wildman–Crippen LogP) is 3.90. The first-order chi connectivity index (χ1) is 10.9. The molecule has 2 aromatic carbocycles. The topological polar surface area (TPSA) is 37.0 Å². The summed E-state index contributed by atoms with van der Waals surface area (Å²) in [4.78, 5) is 3.34. The molecule has 22 heavy (non-hydrogen) atoms. The van der Waals surface area contributed by atoms with Crippen LogP contribution in [0.2, 0.25) is 0 Å². The number of rotatable bonds is 7. The van der Waals surface area contributed by atoms with Crippen molar-refractivity contribution in [3.05, 3.63) is 65.9 Å². The van der Waals surface area contributed by atoms with Gasteiger partial charge in [-0.15, -0.1) is 0 Å². The second kappa shape index (κ2) is 7.14. The fourth-order valence-electron chi connectivity index (χ4n) is 2.65. The Labute approximate surface area is 131 Å². The number of aryl methyl sites for hydroxylation is 1. The number of ether oxygens (including phenoxy) is 1. The summed E-state index contributed by atoms with van der Waals surface area (Å²) in [6.07, 6.45) is 4.32. The number of aromatic amines is 1. The molecule has 2 N–H and O–H groups in total. The van der Waals surface area contributed by atoms with Crippen LogP contribution in [0.4, 0.5) is 0 Å². The standard InChI is InChI=1S/C19H22N2O/c1-20-11-5-8-16-13-21-19-10-9-17(12-18(16)19)22-14-15-6-3-2-4-7-15/h2-4,6-7,9-10,12-13,20-21H,5,8,11,14H2,1H3. The Morgan fingerprint density at radius 1 is 1.09 bits per heavy atom. The van der Waals surface area contributed by atoms with E-state index in [4.69, 9.17) is 4.74 Å². The Balaban J connectivity index is 1.72. The van der Waals surface area contributed by atoms with E-state index in [0.29, 0.717) is 6.61 Å². The number of aromatic nitrogens is 1. The van der Waals surface area contributed by atoms with Crippen LogP contribution >= 0.6 is 0 Å². The van der Waals surface area contributed by atoms with Crippen molar-refractivity contribution in [2.45, 2.75) is 19.4 Å². The van der Waals surface area contributed by atoms with Crippen LogP contribution in [0.25, 0.3) is 10.9 Å². The zero-order valence-electron chi connectivity index (χ0n) is 12.9. The second-order valence-corrected chi connectivity index (χ2v) is 5.50. The third-order valence-electron chi connectivity index (χ3n) is 3.86. The lowest BCUT2D eigenvalue weighted by Gasteiger charge is -2.07. The summed E-state index contributed by atoms with van der Waals surface area (Å²) in [7, 11) is 1.99. The average molecular weight is 294 g/mol. The maximum absolute atomic E-state index is 5.92. The quantitative estimate of drug-likeness (QED) is 0.648. The van der Waals surface area contributed by atoms with E-state index in [1.165, 1.54) is 22.0 Å². The molecule has 0 saturated heterocycles. The van der Waals surface area contributed by atoms with Crippen LogP contribution in [0.15, 0.2) is 54.7 Å². The third-order valence-corrected chi connectivity index (χ3v) is 3.86. The highest BCUT2D eigenvalue weighted by Gasteiger charge is 2.05. The Morgan fingerprint density at radius 2 is 1.95 bits per heavy atom. The van der Waals surface area contributed by atoms with E-state index < -0.39 is 0 Å². The van der Waals surface area contributed by atoms with Gasteiger partial charge in [0.05, 0.1) is 0 Å². The average Bonchev–Trinajstić information content (AvgIpc) is 2.97. The Hall–Kier alpha value is -2.26. The summed E-state index contributed by atoms with van der Waals surface area (Å²) in [5, 5.41) is 4.46. The van der Waals surface area contributed by atoms with Crippen LogP contribution in [0.5, 0.6) is 5.75 Å². The molecule has 0 saturated carbocycles. The van der Waals surface area contributed by atoms with E-state index >= 15 is 0 Å². The van der Waals surface area contributed by atoms with Crippen LogP contribution in [-0.4, -0.2) is 18.6 Å². The maximum Gasteiger partial charge on any atom is 0.120 e. The van der Waals surface area contributed by atoms with Gasteiger partial charge in [-0.25, -0.2) is 0 Å². The molecule has 0 fully saturated rings. The fourth-order valence-corrected chi connectivity index (χ4v) is 2.65. The van der Waals surface area contributed by atoms with E-state index in [9.17, 15) is 0 Å². The van der Waals surface area contributed by atoms with Crippen LogP contribution in [0.1, 0.15) is 17.5 Å². The van der Waals surface area contributed by atoms with Crippen molar-refractivity contribution in [1.82, 2.24) is 10.3 Å². The zero-order valence-corrected chi connectivity index (χ0v) is 12.9. The smallest absolute Gasteiger partial charge is 0.120 e. The molecule has 0 radical (unpaired) electrons. The molecular weight excluding hydrogens is 272 g/mol. The minimum atomic E-state index is 0.603. The Kier molecular flexibility index (Phi) is 4.76. The van der Waals surface area contributed by atoms with E-state index in [-0.39, 0.29) is 0 Å². The first-order valence-corrected chi connectivity index (χ1v) is 7.78. The number of benzene rings is 2. The van der Waals surface area contributed by atoms with Crippen molar-refractivity contribution in [1.29, 1.82) is 0 Å². The lowest BCUT2D eigenvalue weighted by molar-refractivity contribution is 0.306. The lowest BCUT2D eigenvalue weighted by atomic mass is 10.1. The molecule has 0 unspecified atom stereocenters. The maximum atomic E-state index is 5.92. The molecule has 0 aliphatic rings. The van der Waals surface area contributed by atoms with Gasteiger partial charge in [0.25, 0.3) is 0 Å². The molecule has 1 aromatic heterocycles. The monoisotopic (exact) mass is 294 g/mol. The normalized spacial score (nSPS) is 11.0. The molecule has 0 bridgehead atoms. The minimum absolute atomic E-state index is 0.603. The van der Waals surface area contributed by atoms with Gasteiger partial charge in [-0.3, -0.25) is 0 Å². The van der Waals surface area contributed by atoms with E-state index in [2.05, 4.69) is 40.8 Å². The lowest BCUT2D eigenvalue weighted by Crippen LogP contribution is -2.08. The SMILES string of the molecule is CNCCCc1c[nH]c2ccc(OCc3ccccc3)cc12. The summed E-state index contributed by atoms with van der Waals surface area (Å²) in [6, 6.07) is 16.5. The molecule has 3 aromatic rings. The summed E-state index contributed by atoms with van der Waals surface area (Å²) in [5.74, 6) is 0.922. The number of hydrogen-bond donors (Lipinski definition) is 2. The van der Waals surface area contributed by atoms with Gasteiger partial charge >= 0.3 is 0 Å². The summed E-state index contributed by atoms with van der Waals surface area (Å²) >= 11 is 0. The third kappa shape index (κ3) is 3.49. The molecule has 0 atom stereocenters. The van der Waals surface area contributed by atoms with Gasteiger partial charge in [-0.2, -0.15) is 0 Å². The molecule has 0 amide bonds. The first-order valence-electron chi connectivity index (χ1n) is 7.78. The fraction of sp³-hybridized carbons (Fsp3) is 0.263. The van der Waals surface area contributed by atoms with Gasteiger partial charge in [0, 0.05) is 17.1 Å². The van der Waals surface area contributed by atoms with E-state index in [1.807, 2.05) is 31.3 Å². The first kappa shape index (κ1) is 14.7. The van der Waals surface area contributed by atoms with E-state index in [1.54, 1.807) is 0 Å². The van der Waals surface area contributed by atoms with Gasteiger partial charge in [-0.05, 0) is 55.8 Å². The van der Waals surface area contributed by atoms with Crippen LogP contribution in [-0.2, 0) is 13.0 Å². The van der Waals surface area contributed by atoms with Crippen molar-refractivity contribution >= 4 is 10.9 Å². The van der Waals surface area contributed by atoms with Gasteiger partial charge in [0.1, 0.15) is 12.4 Å². The van der Waals surface area contributed by atoms with Gasteiger partial charge in [0.2, 0.25) is 0 Å². The Bertz CT molecular complexity index is 719. The Morgan fingerprint density at radius 3 is 2.77 bits per heavy atom. The molecule has 114 valence electrons. The van der Waals surface area contributed by atoms with Crippen molar-refractivity contribution < 1.29 is 4.74 Å². The molecule has 3 heteroatoms. The number of H-pyrrole nitrogens is 1. The van der Waals surface area contributed by atoms with Gasteiger partial charge in [0.15, 0.2) is 0 Å². The highest BCUT2D eigenvalue weighted by molar-refractivity contribution is 5.84. The van der Waals surface area contributed by atoms with Crippen molar-refractivity contribution in [2.75, 3.05) is 13.6 Å². The molecule has 1 heterocycles. The zero-order chi connectivity index (χ0) is 15.2. The summed E-state index contributed by atoms with van der Waals surface area (Å²) < 4.78 is 5.92. The number of hydrogen-bond acceptors (Lipinski definition) is 2. The molecule has 0 spiro atoms. The van der Waals surface area contributed by atoms with Gasteiger partial charge < -0.3 is 15.0 Å². The van der Waals surface area contributed by atoms with Crippen molar-refractivity contribution in [3.63, 3.8) is 0 Å². The molecule has 0 aliphatic heterocycles. The molecular formula is C19H22N2O. The number of nitrogens with one attached hydrogen (secondary N) is 2. The minimum Gasteiger partial charge on any atom is -0.489 e. The van der Waals surface area contributed by atoms with Gasteiger partial charge in [-0.1, -0.05) is 30.3 Å². The molecule has 3 nitrogen and oxygen atoms in total. The molecule has 3 rings (SSSR count).